The molecule has 0 atom stereocenters. The number of anilines is 1. The molecule has 0 aliphatic rings. The molecule has 4 aromatic rings. The highest BCUT2D eigenvalue weighted by Crippen LogP contribution is 2.33. The van der Waals surface area contributed by atoms with Crippen LogP contribution in [0.3, 0.4) is 0 Å². The van der Waals surface area contributed by atoms with Crippen molar-refractivity contribution in [3.63, 3.8) is 0 Å². The quantitative estimate of drug-likeness (QED) is 0.381. The number of alkyl halides is 3. The fourth-order valence-corrected chi connectivity index (χ4v) is 4.01. The number of benzene rings is 3. The first-order valence-corrected chi connectivity index (χ1v) is 11.4. The normalized spacial score (nSPS) is 12.1. The first kappa shape index (κ1) is 22.7. The van der Waals surface area contributed by atoms with Crippen LogP contribution in [0.2, 0.25) is 0 Å². The smallest absolute Gasteiger partial charge is 0.497 e. The number of halogens is 3. The number of hydrogen-bond acceptors (Lipinski definition) is 4. The summed E-state index contributed by atoms with van der Waals surface area (Å²) in [5.41, 5.74) is -2.17. The van der Waals surface area contributed by atoms with E-state index in [1.165, 1.54) is 12.1 Å². The van der Waals surface area contributed by atoms with Gasteiger partial charge in [-0.3, -0.25) is 4.72 Å². The number of aromatic amines is 1. The first-order valence-electron chi connectivity index (χ1n) is 9.96. The third-order valence-corrected chi connectivity index (χ3v) is 6.23. The highest BCUT2D eigenvalue weighted by Gasteiger charge is 2.46. The van der Waals surface area contributed by atoms with Crippen molar-refractivity contribution in [1.29, 1.82) is 0 Å². The fraction of sp³-hybridized carbons (Fsp3) is 0.174. The van der Waals surface area contributed by atoms with Gasteiger partial charge in [-0.1, -0.05) is 36.4 Å². The van der Waals surface area contributed by atoms with Crippen LogP contribution in [0.25, 0.3) is 22.2 Å². The molecule has 0 radical (unpaired) electrons. The molecule has 6 nitrogen and oxygen atoms in total. The van der Waals surface area contributed by atoms with E-state index >= 15 is 0 Å². The van der Waals surface area contributed by atoms with E-state index < -0.39 is 15.5 Å². The first-order chi connectivity index (χ1) is 15.7. The predicted octanol–water partition coefficient (Wildman–Crippen LogP) is 5.29. The Hall–Kier alpha value is -3.53. The lowest BCUT2D eigenvalue weighted by atomic mass is 10.0. The molecule has 10 heteroatoms. The number of ether oxygens (including phenoxy) is 1. The van der Waals surface area contributed by atoms with Gasteiger partial charge in [0.2, 0.25) is 0 Å². The number of rotatable bonds is 7. The molecule has 0 saturated carbocycles. The number of fused-ring (bicyclic) bond motifs is 1. The van der Waals surface area contributed by atoms with Crippen molar-refractivity contribution in [2.45, 2.75) is 18.3 Å². The second-order valence-electron chi connectivity index (χ2n) is 7.36. The molecule has 2 N–H and O–H groups in total. The zero-order valence-corrected chi connectivity index (χ0v) is 18.3. The van der Waals surface area contributed by atoms with Gasteiger partial charge in [0.25, 0.3) is 0 Å². The molecule has 0 amide bonds. The molecule has 0 unspecified atom stereocenters. The highest BCUT2D eigenvalue weighted by molar-refractivity contribution is 7.93. The Bertz CT molecular complexity index is 1380. The average Bonchev–Trinajstić information content (AvgIpc) is 3.19. The van der Waals surface area contributed by atoms with Crippen LogP contribution >= 0.6 is 0 Å². The van der Waals surface area contributed by atoms with Crippen LogP contribution in [0, 0.1) is 0 Å². The molecule has 33 heavy (non-hydrogen) atoms. The van der Waals surface area contributed by atoms with Crippen LogP contribution in [0.4, 0.5) is 18.9 Å². The molecule has 0 spiro atoms. The molecule has 0 fully saturated rings. The number of methoxy groups -OCH3 is 1. The minimum Gasteiger partial charge on any atom is -0.497 e. The Morgan fingerprint density at radius 1 is 1.00 bits per heavy atom. The maximum atomic E-state index is 12.8. The fourth-order valence-electron chi connectivity index (χ4n) is 3.43. The summed E-state index contributed by atoms with van der Waals surface area (Å²) in [6, 6.07) is 18.9. The minimum absolute atomic E-state index is 0.159. The van der Waals surface area contributed by atoms with Gasteiger partial charge >= 0.3 is 15.5 Å². The Labute approximate surface area is 188 Å². The van der Waals surface area contributed by atoms with Crippen molar-refractivity contribution < 1.29 is 26.3 Å². The maximum absolute atomic E-state index is 12.8. The van der Waals surface area contributed by atoms with Gasteiger partial charge in [-0.25, -0.2) is 4.98 Å². The van der Waals surface area contributed by atoms with E-state index in [-0.39, 0.29) is 5.69 Å². The lowest BCUT2D eigenvalue weighted by Crippen LogP contribution is -2.30. The van der Waals surface area contributed by atoms with Crippen LogP contribution in [0.5, 0.6) is 5.75 Å². The summed E-state index contributed by atoms with van der Waals surface area (Å²) in [6.45, 7) is 0. The summed E-state index contributed by atoms with van der Waals surface area (Å²) in [4.78, 5) is 7.81. The monoisotopic (exact) mass is 475 g/mol. The zero-order valence-electron chi connectivity index (χ0n) is 17.5. The van der Waals surface area contributed by atoms with E-state index in [0.29, 0.717) is 28.6 Å². The van der Waals surface area contributed by atoms with E-state index in [1.807, 2.05) is 24.3 Å². The third-order valence-electron chi connectivity index (χ3n) is 5.13. The van der Waals surface area contributed by atoms with Gasteiger partial charge in [-0.2, -0.15) is 21.6 Å². The van der Waals surface area contributed by atoms with Gasteiger partial charge in [0, 0.05) is 12.0 Å². The average molecular weight is 475 g/mol. The Morgan fingerprint density at radius 3 is 2.42 bits per heavy atom. The number of nitrogens with one attached hydrogen (secondary N) is 2. The summed E-state index contributed by atoms with van der Waals surface area (Å²) in [6.07, 6.45) is 1.43. The number of sulfonamides is 1. The van der Waals surface area contributed by atoms with E-state index in [9.17, 15) is 21.6 Å². The van der Waals surface area contributed by atoms with Crippen molar-refractivity contribution in [1.82, 2.24) is 9.97 Å². The number of nitrogens with zero attached hydrogens (tertiary/aromatic N) is 1. The molecular weight excluding hydrogens is 455 g/mol. The number of imidazole rings is 1. The third kappa shape index (κ3) is 4.95. The molecule has 1 heterocycles. The summed E-state index contributed by atoms with van der Waals surface area (Å²) in [5, 5.41) is 0. The molecule has 172 valence electrons. The molecular formula is C23H20F3N3O3S. The number of para-hydroxylation sites is 1. The van der Waals surface area contributed by atoms with Crippen LogP contribution in [0.1, 0.15) is 11.4 Å². The maximum Gasteiger partial charge on any atom is 0.516 e. The largest absolute Gasteiger partial charge is 0.516 e. The van der Waals surface area contributed by atoms with Gasteiger partial charge < -0.3 is 9.72 Å². The van der Waals surface area contributed by atoms with E-state index in [1.54, 1.807) is 42.2 Å². The number of H-pyrrole nitrogens is 1. The van der Waals surface area contributed by atoms with Gasteiger partial charge in [-0.05, 0) is 47.9 Å². The molecule has 0 aliphatic carbocycles. The lowest BCUT2D eigenvalue weighted by Gasteiger charge is -2.14. The van der Waals surface area contributed by atoms with Gasteiger partial charge in [-0.15, -0.1) is 0 Å². The molecule has 0 bridgehead atoms. The van der Waals surface area contributed by atoms with Crippen LogP contribution < -0.4 is 9.46 Å². The van der Waals surface area contributed by atoms with Gasteiger partial charge in [0.15, 0.2) is 0 Å². The molecule has 4 rings (SSSR count). The van der Waals surface area contributed by atoms with E-state index in [4.69, 9.17) is 4.74 Å². The number of hydrogen-bond donors (Lipinski definition) is 2. The van der Waals surface area contributed by atoms with Gasteiger partial charge in [0.1, 0.15) is 11.6 Å². The van der Waals surface area contributed by atoms with Crippen molar-refractivity contribution in [2.24, 2.45) is 0 Å². The second kappa shape index (κ2) is 8.78. The second-order valence-corrected chi connectivity index (χ2v) is 9.03. The lowest BCUT2D eigenvalue weighted by molar-refractivity contribution is -0.0429. The summed E-state index contributed by atoms with van der Waals surface area (Å²) in [5.74, 6) is 1.55. The Morgan fingerprint density at radius 2 is 1.73 bits per heavy atom. The molecule has 1 aromatic heterocycles. The van der Waals surface area contributed by atoms with Crippen LogP contribution in [-0.4, -0.2) is 31.0 Å². The number of aryl methyl sites for hydroxylation is 2. The van der Waals surface area contributed by atoms with Crippen molar-refractivity contribution in [2.75, 3.05) is 11.8 Å². The minimum atomic E-state index is -5.54. The van der Waals surface area contributed by atoms with Crippen LogP contribution in [0.15, 0.2) is 66.7 Å². The zero-order chi connectivity index (χ0) is 23.6. The molecule has 0 aliphatic heterocycles. The summed E-state index contributed by atoms with van der Waals surface area (Å²) in [7, 11) is -3.92. The van der Waals surface area contributed by atoms with Crippen molar-refractivity contribution in [3.05, 3.63) is 78.1 Å². The molecule has 0 saturated heterocycles. The summed E-state index contributed by atoms with van der Waals surface area (Å²) >= 11 is 0. The summed E-state index contributed by atoms with van der Waals surface area (Å²) < 4.78 is 68.5. The van der Waals surface area contributed by atoms with Crippen LogP contribution in [-0.2, 0) is 22.9 Å². The van der Waals surface area contributed by atoms with Gasteiger partial charge in [0.05, 0.1) is 23.8 Å². The van der Waals surface area contributed by atoms with Crippen molar-refractivity contribution >= 4 is 26.7 Å². The van der Waals surface area contributed by atoms with Crippen molar-refractivity contribution in [3.8, 4) is 16.9 Å². The Kier molecular flexibility index (Phi) is 6.03. The highest BCUT2D eigenvalue weighted by atomic mass is 32.2. The topological polar surface area (TPSA) is 84.1 Å². The number of aromatic nitrogens is 2. The van der Waals surface area contributed by atoms with E-state index in [2.05, 4.69) is 9.97 Å². The SMILES string of the molecule is COc1ccc(CCc2nc3ccc(-c4ccccc4NS(=O)(=O)C(F)(F)F)cc3[nH]2)cc1. The Balaban J connectivity index is 1.58. The standard InChI is InChI=1S/C23H20F3N3O3S/c1-32-17-10-6-15(7-11-17)8-13-22-27-20-12-9-16(14-21(20)28-22)18-4-2-3-5-19(18)29-33(30,31)23(24,25)26/h2-7,9-12,14,29H,8,13H2,1H3,(H,27,28). The van der Waals surface area contributed by atoms with E-state index in [0.717, 1.165) is 23.6 Å². The molecule has 3 aromatic carbocycles. The predicted molar refractivity (Wildman–Crippen MR) is 121 cm³/mol.